The Morgan fingerprint density at radius 1 is 0.811 bits per heavy atom. The lowest BCUT2D eigenvalue weighted by Gasteiger charge is -2.15. The van der Waals surface area contributed by atoms with E-state index in [9.17, 15) is 14.4 Å². The molecule has 0 spiro atoms. The first-order valence-electron chi connectivity index (χ1n) is 10.9. The number of carbonyl (C=O) groups excluding carboxylic acids is 3. The number of nitrogens with one attached hydrogen (secondary N) is 1. The number of benzene rings is 2. The Balaban J connectivity index is 1.70. The molecule has 1 N–H and O–H groups in total. The van der Waals surface area contributed by atoms with Gasteiger partial charge in [-0.1, -0.05) is 0 Å². The van der Waals surface area contributed by atoms with E-state index in [0.717, 1.165) is 16.7 Å². The number of thioether (sulfide) groups is 1. The molecule has 2 aromatic carbocycles. The number of ether oxygens (including phenoxy) is 6. The molecule has 0 aliphatic carbocycles. The molecule has 37 heavy (non-hydrogen) atoms. The molecular formula is C25H28N2O9S. The minimum atomic E-state index is -0.467. The van der Waals surface area contributed by atoms with Gasteiger partial charge in [-0.3, -0.25) is 19.3 Å². The third kappa shape index (κ3) is 5.85. The number of imide groups is 1. The van der Waals surface area contributed by atoms with E-state index in [1.54, 1.807) is 18.2 Å². The molecule has 1 aliphatic heterocycles. The van der Waals surface area contributed by atoms with Crippen molar-refractivity contribution in [3.05, 3.63) is 40.3 Å². The largest absolute Gasteiger partial charge is 0.493 e. The molecule has 3 rings (SSSR count). The lowest BCUT2D eigenvalue weighted by Crippen LogP contribution is -2.37. The maximum absolute atomic E-state index is 12.9. The molecule has 0 bridgehead atoms. The average molecular weight is 533 g/mol. The second-order valence-electron chi connectivity index (χ2n) is 7.46. The summed E-state index contributed by atoms with van der Waals surface area (Å²) in [5.41, 5.74) is 0.863. The molecular weight excluding hydrogens is 504 g/mol. The van der Waals surface area contributed by atoms with E-state index in [1.165, 1.54) is 54.8 Å². The Bertz CT molecular complexity index is 1180. The number of hydrogen-bond acceptors (Lipinski definition) is 10. The van der Waals surface area contributed by atoms with Gasteiger partial charge in [-0.15, -0.1) is 0 Å². The van der Waals surface area contributed by atoms with E-state index in [2.05, 4.69) is 5.32 Å². The van der Waals surface area contributed by atoms with Crippen LogP contribution in [0, 0.1) is 0 Å². The molecule has 3 amide bonds. The maximum Gasteiger partial charge on any atom is 0.293 e. The fourth-order valence-electron chi connectivity index (χ4n) is 3.62. The van der Waals surface area contributed by atoms with Crippen LogP contribution in [0.2, 0.25) is 0 Å². The van der Waals surface area contributed by atoms with Gasteiger partial charge in [0, 0.05) is 18.7 Å². The van der Waals surface area contributed by atoms with Gasteiger partial charge in [0.15, 0.2) is 23.0 Å². The van der Waals surface area contributed by atoms with Crippen molar-refractivity contribution in [3.63, 3.8) is 0 Å². The lowest BCUT2D eigenvalue weighted by atomic mass is 10.1. The molecule has 0 atom stereocenters. The molecule has 0 unspecified atom stereocenters. The molecule has 1 fully saturated rings. The lowest BCUT2D eigenvalue weighted by molar-refractivity contribution is -0.122. The van der Waals surface area contributed by atoms with Crippen LogP contribution in [0.15, 0.2) is 29.2 Å². The minimum absolute atomic E-state index is 0.00652. The number of amides is 3. The van der Waals surface area contributed by atoms with Gasteiger partial charge in [-0.2, -0.15) is 0 Å². The van der Waals surface area contributed by atoms with E-state index in [-0.39, 0.29) is 23.6 Å². The van der Waals surface area contributed by atoms with Crippen molar-refractivity contribution < 1.29 is 42.8 Å². The molecule has 1 saturated heterocycles. The highest BCUT2D eigenvalue weighted by atomic mass is 32.2. The van der Waals surface area contributed by atoms with Gasteiger partial charge in [0.25, 0.3) is 17.1 Å². The van der Waals surface area contributed by atoms with Crippen LogP contribution in [0.25, 0.3) is 6.08 Å². The molecule has 1 heterocycles. The number of nitrogens with zero attached hydrogens (tertiary/aromatic N) is 1. The second-order valence-corrected chi connectivity index (χ2v) is 8.46. The molecule has 0 aromatic heterocycles. The van der Waals surface area contributed by atoms with Crippen LogP contribution >= 0.6 is 11.8 Å². The van der Waals surface area contributed by atoms with Crippen molar-refractivity contribution in [2.24, 2.45) is 0 Å². The molecule has 11 nitrogen and oxygen atoms in total. The minimum Gasteiger partial charge on any atom is -0.493 e. The van der Waals surface area contributed by atoms with Crippen LogP contribution < -0.4 is 33.7 Å². The van der Waals surface area contributed by atoms with Crippen LogP contribution in [0.3, 0.4) is 0 Å². The zero-order valence-corrected chi connectivity index (χ0v) is 22.1. The van der Waals surface area contributed by atoms with Gasteiger partial charge < -0.3 is 33.7 Å². The predicted octanol–water partition coefficient (Wildman–Crippen LogP) is 3.20. The van der Waals surface area contributed by atoms with E-state index in [1.807, 2.05) is 0 Å². The summed E-state index contributed by atoms with van der Waals surface area (Å²) in [7, 11) is 8.83. The summed E-state index contributed by atoms with van der Waals surface area (Å²) in [5.74, 6) is 1.37. The van der Waals surface area contributed by atoms with E-state index in [0.29, 0.717) is 40.1 Å². The zero-order chi connectivity index (χ0) is 27.1. The molecule has 2 aromatic rings. The highest BCUT2D eigenvalue weighted by Gasteiger charge is 2.35. The van der Waals surface area contributed by atoms with E-state index >= 15 is 0 Å². The molecule has 0 radical (unpaired) electrons. The Labute approximate surface area is 218 Å². The number of methoxy groups -OCH3 is 6. The van der Waals surface area contributed by atoms with Gasteiger partial charge in [-0.05, 0) is 47.7 Å². The van der Waals surface area contributed by atoms with Crippen molar-refractivity contribution in [2.45, 2.75) is 0 Å². The monoisotopic (exact) mass is 532 g/mol. The highest BCUT2D eigenvalue weighted by Crippen LogP contribution is 2.40. The van der Waals surface area contributed by atoms with E-state index < -0.39 is 17.1 Å². The van der Waals surface area contributed by atoms with Crippen molar-refractivity contribution in [2.75, 3.05) is 55.7 Å². The molecule has 1 aliphatic rings. The van der Waals surface area contributed by atoms with Gasteiger partial charge in [0.05, 0.1) is 47.6 Å². The fourth-order valence-corrected chi connectivity index (χ4v) is 4.49. The van der Waals surface area contributed by atoms with Crippen LogP contribution in [-0.4, -0.2) is 77.7 Å². The average Bonchev–Trinajstić information content (AvgIpc) is 3.18. The summed E-state index contributed by atoms with van der Waals surface area (Å²) in [6.07, 6.45) is 1.57. The first-order valence-corrected chi connectivity index (χ1v) is 11.8. The van der Waals surface area contributed by atoms with E-state index in [4.69, 9.17) is 28.4 Å². The summed E-state index contributed by atoms with van der Waals surface area (Å²) >= 11 is 0.809. The highest BCUT2D eigenvalue weighted by molar-refractivity contribution is 8.18. The predicted molar refractivity (Wildman–Crippen MR) is 137 cm³/mol. The normalized spacial score (nSPS) is 14.0. The molecule has 198 valence electrons. The Kier molecular flexibility index (Phi) is 9.12. The third-order valence-corrected chi connectivity index (χ3v) is 6.31. The van der Waals surface area contributed by atoms with Crippen molar-refractivity contribution in [3.8, 4) is 34.5 Å². The van der Waals surface area contributed by atoms with Crippen LogP contribution in [0.5, 0.6) is 34.5 Å². The topological polar surface area (TPSA) is 122 Å². The van der Waals surface area contributed by atoms with Crippen molar-refractivity contribution in [1.82, 2.24) is 10.2 Å². The first kappa shape index (κ1) is 27.5. The molecule has 0 saturated carbocycles. The Morgan fingerprint density at radius 2 is 1.30 bits per heavy atom. The standard InChI is InChI=1S/C25H28N2O9S/c1-31-16-9-14(10-17(32-2)21(16)35-5)11-20-24(29)27(25(30)37-20)8-7-26-23(28)15-12-18(33-3)22(36-6)19(13-15)34-4/h9-13H,7-8H2,1-6H3,(H,26,28)/b20-11+. The summed E-state index contributed by atoms with van der Waals surface area (Å²) in [6.45, 7) is 0.0401. The van der Waals surface area contributed by atoms with Crippen molar-refractivity contribution >= 4 is 34.9 Å². The van der Waals surface area contributed by atoms with Gasteiger partial charge in [0.2, 0.25) is 11.5 Å². The van der Waals surface area contributed by atoms with Gasteiger partial charge in [0.1, 0.15) is 0 Å². The van der Waals surface area contributed by atoms with Gasteiger partial charge in [-0.25, -0.2) is 0 Å². The van der Waals surface area contributed by atoms with Crippen LogP contribution in [-0.2, 0) is 4.79 Å². The number of carbonyl (C=O) groups is 3. The second kappa shape index (κ2) is 12.3. The first-order chi connectivity index (χ1) is 17.8. The van der Waals surface area contributed by atoms with Crippen LogP contribution in [0.1, 0.15) is 15.9 Å². The van der Waals surface area contributed by atoms with Crippen molar-refractivity contribution in [1.29, 1.82) is 0 Å². The molecule has 12 heteroatoms. The van der Waals surface area contributed by atoms with Crippen LogP contribution in [0.4, 0.5) is 4.79 Å². The summed E-state index contributed by atoms with van der Waals surface area (Å²) in [6, 6.07) is 6.37. The Hall–Kier alpha value is -4.06. The summed E-state index contributed by atoms with van der Waals surface area (Å²) < 4.78 is 31.8. The Morgan fingerprint density at radius 3 is 1.76 bits per heavy atom. The third-order valence-electron chi connectivity index (χ3n) is 5.41. The summed E-state index contributed by atoms with van der Waals surface area (Å²) in [5, 5.41) is 2.26. The fraction of sp³-hybridized carbons (Fsp3) is 0.320. The number of rotatable bonds is 11. The zero-order valence-electron chi connectivity index (χ0n) is 21.3. The number of hydrogen-bond donors (Lipinski definition) is 1. The quantitative estimate of drug-likeness (QED) is 0.432. The summed E-state index contributed by atoms with van der Waals surface area (Å²) in [4.78, 5) is 39.4. The SMILES string of the molecule is COc1cc(/C=C2/SC(=O)N(CCNC(=O)c3cc(OC)c(OC)c(OC)c3)C2=O)cc(OC)c1OC. The maximum atomic E-state index is 12.9. The smallest absolute Gasteiger partial charge is 0.293 e. The van der Waals surface area contributed by atoms with Gasteiger partial charge >= 0.3 is 0 Å².